The van der Waals surface area contributed by atoms with Gasteiger partial charge in [0.15, 0.2) is 0 Å². The van der Waals surface area contributed by atoms with Crippen LogP contribution in [0.4, 0.5) is 5.69 Å². The molecule has 3 heteroatoms. The Labute approximate surface area is 95.7 Å². The molecule has 0 N–H and O–H groups in total. The highest BCUT2D eigenvalue weighted by molar-refractivity contribution is 5.56. The Kier molecular flexibility index (Phi) is 2.31. The molecule has 0 spiro atoms. The van der Waals surface area contributed by atoms with Crippen molar-refractivity contribution in [2.24, 2.45) is 0 Å². The van der Waals surface area contributed by atoms with Crippen molar-refractivity contribution in [3.8, 4) is 0 Å². The minimum Gasteiger partial charge on any atom is -0.371 e. The molecule has 3 heterocycles. The largest absolute Gasteiger partial charge is 0.371 e. The summed E-state index contributed by atoms with van der Waals surface area (Å²) in [7, 11) is 0. The van der Waals surface area contributed by atoms with Gasteiger partial charge in [0, 0.05) is 37.2 Å². The summed E-state index contributed by atoms with van der Waals surface area (Å²) in [4.78, 5) is 6.97. The molecule has 0 saturated carbocycles. The van der Waals surface area contributed by atoms with E-state index in [-0.39, 0.29) is 0 Å². The van der Waals surface area contributed by atoms with Crippen molar-refractivity contribution in [1.29, 1.82) is 0 Å². The molecule has 2 aromatic heterocycles. The number of anilines is 1. The van der Waals surface area contributed by atoms with E-state index in [0.29, 0.717) is 0 Å². The first kappa shape index (κ1) is 9.70. The molecule has 3 nitrogen and oxygen atoms in total. The summed E-state index contributed by atoms with van der Waals surface area (Å²) in [6.07, 6.45) is 8.19. The molecule has 1 fully saturated rings. The fourth-order valence-corrected chi connectivity index (χ4v) is 2.45. The SMILES string of the molecule is Cc1cn2ccc(N3CCCCC3)cc2n1. The van der Waals surface area contributed by atoms with E-state index in [4.69, 9.17) is 0 Å². The van der Waals surface area contributed by atoms with Crippen molar-refractivity contribution in [1.82, 2.24) is 9.38 Å². The van der Waals surface area contributed by atoms with E-state index in [0.717, 1.165) is 11.3 Å². The summed E-state index contributed by atoms with van der Waals surface area (Å²) in [6.45, 7) is 4.42. The second-order valence-electron chi connectivity index (χ2n) is 4.58. The zero-order valence-corrected chi connectivity index (χ0v) is 9.69. The second kappa shape index (κ2) is 3.81. The van der Waals surface area contributed by atoms with E-state index in [1.54, 1.807) is 0 Å². The van der Waals surface area contributed by atoms with Gasteiger partial charge in [-0.05, 0) is 32.3 Å². The first-order valence-electron chi connectivity index (χ1n) is 6.03. The van der Waals surface area contributed by atoms with Crippen LogP contribution in [-0.2, 0) is 0 Å². The van der Waals surface area contributed by atoms with Gasteiger partial charge in [0.2, 0.25) is 0 Å². The van der Waals surface area contributed by atoms with E-state index >= 15 is 0 Å². The molecule has 0 aromatic carbocycles. The van der Waals surface area contributed by atoms with E-state index in [1.165, 1.54) is 38.0 Å². The first-order valence-corrected chi connectivity index (χ1v) is 6.03. The third kappa shape index (κ3) is 1.66. The summed E-state index contributed by atoms with van der Waals surface area (Å²) in [6, 6.07) is 4.39. The normalized spacial score (nSPS) is 16.9. The molecular weight excluding hydrogens is 198 g/mol. The van der Waals surface area contributed by atoms with Crippen LogP contribution >= 0.6 is 0 Å². The molecule has 0 amide bonds. The zero-order chi connectivity index (χ0) is 11.0. The molecule has 3 rings (SSSR count). The van der Waals surface area contributed by atoms with Crippen molar-refractivity contribution in [2.45, 2.75) is 26.2 Å². The van der Waals surface area contributed by atoms with Crippen molar-refractivity contribution in [2.75, 3.05) is 18.0 Å². The van der Waals surface area contributed by atoms with Gasteiger partial charge in [0.1, 0.15) is 5.65 Å². The fraction of sp³-hybridized carbons (Fsp3) is 0.462. The Hall–Kier alpha value is -1.51. The second-order valence-corrected chi connectivity index (χ2v) is 4.58. The van der Waals surface area contributed by atoms with Crippen molar-refractivity contribution < 1.29 is 0 Å². The predicted molar refractivity (Wildman–Crippen MR) is 66.0 cm³/mol. The standard InChI is InChI=1S/C13H17N3/c1-11-10-16-8-5-12(9-13(16)14-11)15-6-3-2-4-7-15/h5,8-10H,2-4,6-7H2,1H3. The number of imidazole rings is 1. The number of aromatic nitrogens is 2. The molecule has 16 heavy (non-hydrogen) atoms. The molecule has 1 aliphatic heterocycles. The van der Waals surface area contributed by atoms with Crippen molar-refractivity contribution in [3.63, 3.8) is 0 Å². The van der Waals surface area contributed by atoms with Crippen LogP contribution < -0.4 is 4.90 Å². The lowest BCUT2D eigenvalue weighted by Gasteiger charge is -2.28. The van der Waals surface area contributed by atoms with Crippen molar-refractivity contribution >= 4 is 11.3 Å². The lowest BCUT2D eigenvalue weighted by Crippen LogP contribution is -2.29. The van der Waals surface area contributed by atoms with Gasteiger partial charge in [-0.3, -0.25) is 0 Å². The van der Waals surface area contributed by atoms with Crippen LogP contribution in [0.5, 0.6) is 0 Å². The number of hydrogen-bond donors (Lipinski definition) is 0. The van der Waals surface area contributed by atoms with E-state index < -0.39 is 0 Å². The molecule has 84 valence electrons. The Balaban J connectivity index is 1.97. The molecule has 0 atom stereocenters. The van der Waals surface area contributed by atoms with E-state index in [1.807, 2.05) is 6.92 Å². The van der Waals surface area contributed by atoms with Crippen LogP contribution in [0.15, 0.2) is 24.5 Å². The van der Waals surface area contributed by atoms with Gasteiger partial charge in [0.05, 0.1) is 5.69 Å². The average molecular weight is 215 g/mol. The third-order valence-electron chi connectivity index (χ3n) is 3.29. The molecule has 0 unspecified atom stereocenters. The number of nitrogens with zero attached hydrogens (tertiary/aromatic N) is 3. The Bertz CT molecular complexity index is 495. The lowest BCUT2D eigenvalue weighted by molar-refractivity contribution is 0.578. The Morgan fingerprint density at radius 2 is 2.00 bits per heavy atom. The summed E-state index contributed by atoms with van der Waals surface area (Å²) in [5.74, 6) is 0. The van der Waals surface area contributed by atoms with Gasteiger partial charge >= 0.3 is 0 Å². The monoisotopic (exact) mass is 215 g/mol. The smallest absolute Gasteiger partial charge is 0.139 e. The zero-order valence-electron chi connectivity index (χ0n) is 9.69. The van der Waals surface area contributed by atoms with Gasteiger partial charge in [-0.15, -0.1) is 0 Å². The molecule has 0 radical (unpaired) electrons. The number of piperidine rings is 1. The summed E-state index contributed by atoms with van der Waals surface area (Å²) in [5.41, 5.74) is 3.45. The number of hydrogen-bond acceptors (Lipinski definition) is 2. The quantitative estimate of drug-likeness (QED) is 0.729. The maximum atomic E-state index is 4.50. The number of aryl methyl sites for hydroxylation is 1. The summed E-state index contributed by atoms with van der Waals surface area (Å²) < 4.78 is 2.09. The third-order valence-corrected chi connectivity index (χ3v) is 3.29. The first-order chi connectivity index (χ1) is 7.83. The summed E-state index contributed by atoms with van der Waals surface area (Å²) in [5, 5.41) is 0. The minimum absolute atomic E-state index is 1.06. The van der Waals surface area contributed by atoms with Gasteiger partial charge in [-0.25, -0.2) is 4.98 Å². The highest BCUT2D eigenvalue weighted by Gasteiger charge is 2.11. The fourth-order valence-electron chi connectivity index (χ4n) is 2.45. The minimum atomic E-state index is 1.06. The Morgan fingerprint density at radius 3 is 2.81 bits per heavy atom. The highest BCUT2D eigenvalue weighted by Crippen LogP contribution is 2.21. The molecule has 1 aliphatic rings. The van der Waals surface area contributed by atoms with Gasteiger partial charge in [-0.2, -0.15) is 0 Å². The molecule has 2 aromatic rings. The molecule has 0 aliphatic carbocycles. The van der Waals surface area contributed by atoms with Crippen LogP contribution in [0.25, 0.3) is 5.65 Å². The van der Waals surface area contributed by atoms with Gasteiger partial charge in [0.25, 0.3) is 0 Å². The number of rotatable bonds is 1. The topological polar surface area (TPSA) is 20.5 Å². The van der Waals surface area contributed by atoms with Crippen LogP contribution in [0.1, 0.15) is 25.0 Å². The maximum Gasteiger partial charge on any atom is 0.139 e. The highest BCUT2D eigenvalue weighted by atomic mass is 15.1. The predicted octanol–water partition coefficient (Wildman–Crippen LogP) is 2.63. The van der Waals surface area contributed by atoms with Crippen LogP contribution in [0.3, 0.4) is 0 Å². The molecule has 0 bridgehead atoms. The maximum absolute atomic E-state index is 4.50. The van der Waals surface area contributed by atoms with E-state index in [2.05, 4.69) is 38.8 Å². The van der Waals surface area contributed by atoms with Gasteiger partial charge < -0.3 is 9.30 Å². The number of fused-ring (bicyclic) bond motifs is 1. The van der Waals surface area contributed by atoms with Crippen LogP contribution in [0.2, 0.25) is 0 Å². The van der Waals surface area contributed by atoms with Crippen LogP contribution in [0, 0.1) is 6.92 Å². The Morgan fingerprint density at radius 1 is 1.19 bits per heavy atom. The summed E-state index contributed by atoms with van der Waals surface area (Å²) >= 11 is 0. The van der Waals surface area contributed by atoms with Crippen molar-refractivity contribution in [3.05, 3.63) is 30.2 Å². The lowest BCUT2D eigenvalue weighted by atomic mass is 10.1. The number of pyridine rings is 1. The average Bonchev–Trinajstić information content (AvgIpc) is 2.69. The van der Waals surface area contributed by atoms with Crippen LogP contribution in [-0.4, -0.2) is 22.5 Å². The molecule has 1 saturated heterocycles. The molecular formula is C13H17N3. The van der Waals surface area contributed by atoms with E-state index in [9.17, 15) is 0 Å². The van der Waals surface area contributed by atoms with Gasteiger partial charge in [-0.1, -0.05) is 0 Å².